The van der Waals surface area contributed by atoms with Crippen molar-refractivity contribution in [2.24, 2.45) is 0 Å². The number of fused-ring (bicyclic) bond motifs is 2. The summed E-state index contributed by atoms with van der Waals surface area (Å²) >= 11 is 0. The lowest BCUT2D eigenvalue weighted by Gasteiger charge is -2.33. The van der Waals surface area contributed by atoms with Crippen molar-refractivity contribution in [2.75, 3.05) is 13.7 Å². The Hall–Kier alpha value is -3.94. The molecule has 37 heavy (non-hydrogen) atoms. The van der Waals surface area contributed by atoms with Gasteiger partial charge in [0.05, 0.1) is 13.7 Å². The lowest BCUT2D eigenvalue weighted by molar-refractivity contribution is -0.131. The summed E-state index contributed by atoms with van der Waals surface area (Å²) in [7, 11) is 1.59. The molecule has 0 radical (unpaired) electrons. The van der Waals surface area contributed by atoms with Crippen LogP contribution < -0.4 is 10.1 Å². The predicted molar refractivity (Wildman–Crippen MR) is 136 cm³/mol. The van der Waals surface area contributed by atoms with E-state index in [1.54, 1.807) is 31.4 Å². The number of carbonyl (C=O) groups is 3. The van der Waals surface area contributed by atoms with E-state index in [9.17, 15) is 18.8 Å². The molecular weight excluding hydrogens is 473 g/mol. The molecule has 0 saturated carbocycles. The minimum atomic E-state index is -1.15. The highest BCUT2D eigenvalue weighted by molar-refractivity contribution is 6.12. The monoisotopic (exact) mass is 503 g/mol. The van der Waals surface area contributed by atoms with Crippen LogP contribution in [0, 0.1) is 19.7 Å². The summed E-state index contributed by atoms with van der Waals surface area (Å²) < 4.78 is 20.6. The van der Waals surface area contributed by atoms with Crippen LogP contribution in [0.2, 0.25) is 0 Å². The van der Waals surface area contributed by atoms with E-state index in [4.69, 9.17) is 4.74 Å². The molecule has 1 aliphatic carbocycles. The lowest BCUT2D eigenvalue weighted by Crippen LogP contribution is -2.46. The Morgan fingerprint density at radius 3 is 2.59 bits per heavy atom. The van der Waals surface area contributed by atoms with E-state index in [1.165, 1.54) is 12.1 Å². The fraction of sp³-hybridized carbons (Fsp3) is 0.345. The number of urea groups is 1. The molecule has 1 aromatic heterocycles. The molecule has 8 heteroatoms. The van der Waals surface area contributed by atoms with Gasteiger partial charge >= 0.3 is 6.03 Å². The van der Waals surface area contributed by atoms with E-state index in [1.807, 2.05) is 30.5 Å². The Morgan fingerprint density at radius 1 is 1.11 bits per heavy atom. The molecule has 2 heterocycles. The molecule has 2 aromatic carbocycles. The van der Waals surface area contributed by atoms with E-state index in [2.05, 4.69) is 5.32 Å². The third kappa shape index (κ3) is 4.30. The number of hydrogen-bond acceptors (Lipinski definition) is 4. The number of nitrogens with one attached hydrogen (secondary N) is 1. The van der Waals surface area contributed by atoms with Gasteiger partial charge in [0.15, 0.2) is 5.78 Å². The van der Waals surface area contributed by atoms with Crippen LogP contribution in [-0.4, -0.2) is 40.8 Å². The van der Waals surface area contributed by atoms with Gasteiger partial charge in [0, 0.05) is 23.5 Å². The number of hydrogen-bond donors (Lipinski definition) is 1. The van der Waals surface area contributed by atoms with Gasteiger partial charge in [0.1, 0.15) is 17.1 Å². The van der Waals surface area contributed by atoms with Crippen molar-refractivity contribution in [1.29, 1.82) is 0 Å². The Bertz CT molecular complexity index is 1390. The van der Waals surface area contributed by atoms with Gasteiger partial charge in [-0.25, -0.2) is 9.18 Å². The maximum Gasteiger partial charge on any atom is 0.325 e. The summed E-state index contributed by atoms with van der Waals surface area (Å²) in [5.41, 5.74) is 3.77. The molecule has 0 bridgehead atoms. The third-order valence-corrected chi connectivity index (χ3v) is 7.66. The largest absolute Gasteiger partial charge is 0.497 e. The number of carbonyl (C=O) groups excluding carboxylic acids is 3. The number of imide groups is 1. The zero-order chi connectivity index (χ0) is 26.3. The minimum absolute atomic E-state index is 0.274. The number of nitrogens with zero attached hydrogens (tertiary/aromatic N) is 2. The van der Waals surface area contributed by atoms with Crippen LogP contribution >= 0.6 is 0 Å². The van der Waals surface area contributed by atoms with Gasteiger partial charge in [-0.15, -0.1) is 0 Å². The maximum atomic E-state index is 13.6. The Labute approximate surface area is 215 Å². The van der Waals surface area contributed by atoms with Gasteiger partial charge in [-0.2, -0.15) is 0 Å². The zero-order valence-corrected chi connectivity index (χ0v) is 21.3. The van der Waals surface area contributed by atoms with Crippen LogP contribution in [0.3, 0.4) is 0 Å². The van der Waals surface area contributed by atoms with Crippen molar-refractivity contribution in [2.45, 2.75) is 51.6 Å². The smallest absolute Gasteiger partial charge is 0.325 e. The first-order valence-electron chi connectivity index (χ1n) is 12.5. The van der Waals surface area contributed by atoms with Gasteiger partial charge < -0.3 is 14.6 Å². The highest BCUT2D eigenvalue weighted by Crippen LogP contribution is 2.41. The van der Waals surface area contributed by atoms with Gasteiger partial charge in [0.25, 0.3) is 5.91 Å². The quantitative estimate of drug-likeness (QED) is 0.381. The number of ketones is 1. The van der Waals surface area contributed by atoms with Crippen LogP contribution in [0.1, 0.15) is 51.3 Å². The second-order valence-corrected chi connectivity index (χ2v) is 9.84. The lowest BCUT2D eigenvalue weighted by atomic mass is 9.76. The fourth-order valence-corrected chi connectivity index (χ4v) is 5.67. The highest BCUT2D eigenvalue weighted by Gasteiger charge is 2.54. The molecule has 3 aromatic rings. The highest BCUT2D eigenvalue weighted by atomic mass is 19.1. The molecule has 2 aliphatic rings. The topological polar surface area (TPSA) is 80.6 Å². The van der Waals surface area contributed by atoms with Gasteiger partial charge in [-0.3, -0.25) is 14.5 Å². The van der Waals surface area contributed by atoms with Crippen molar-refractivity contribution in [3.63, 3.8) is 0 Å². The standard InChI is InChI=1S/C29H30FN3O4/c1-18-15-24(19(2)32(18)14-12-20-6-8-22(30)9-7-20)26(34)17-33-27(35)29(31-28(33)36)13-4-5-21-16-23(37-3)10-11-25(21)29/h6-11,15-16H,4-5,12-14,17H2,1-3H3,(H,31,36)/t29-/m0/s1. The molecule has 0 unspecified atom stereocenters. The number of amides is 3. The Morgan fingerprint density at radius 2 is 1.86 bits per heavy atom. The minimum Gasteiger partial charge on any atom is -0.497 e. The van der Waals surface area contributed by atoms with Gasteiger partial charge in [-0.1, -0.05) is 18.2 Å². The molecule has 1 atom stereocenters. The van der Waals surface area contributed by atoms with E-state index in [0.717, 1.165) is 45.8 Å². The molecule has 1 aliphatic heterocycles. The van der Waals surface area contributed by atoms with Gasteiger partial charge in [0.2, 0.25) is 0 Å². The molecule has 3 amide bonds. The Kier molecular flexibility index (Phi) is 6.35. The second kappa shape index (κ2) is 9.50. The predicted octanol–water partition coefficient (Wildman–Crippen LogP) is 4.46. The molecule has 1 fully saturated rings. The first kappa shape index (κ1) is 24.7. The van der Waals surface area contributed by atoms with E-state index >= 15 is 0 Å². The summed E-state index contributed by atoms with van der Waals surface area (Å²) in [5, 5.41) is 2.91. The van der Waals surface area contributed by atoms with Gasteiger partial charge in [-0.05, 0) is 86.6 Å². The van der Waals surface area contributed by atoms with Crippen LogP contribution in [0.25, 0.3) is 0 Å². The average Bonchev–Trinajstić information content (AvgIpc) is 3.30. The molecule has 1 saturated heterocycles. The summed E-state index contributed by atoms with van der Waals surface area (Å²) in [6.45, 7) is 4.09. The summed E-state index contributed by atoms with van der Waals surface area (Å²) in [5.74, 6) is -0.243. The number of rotatable bonds is 7. The van der Waals surface area contributed by atoms with Crippen molar-refractivity contribution < 1.29 is 23.5 Å². The first-order valence-corrected chi connectivity index (χ1v) is 12.5. The SMILES string of the molecule is COc1ccc2c(c1)CCC[C@]21NC(=O)N(CC(=O)c2cc(C)n(CCc3ccc(F)cc3)c2C)C1=O. The Balaban J connectivity index is 1.34. The first-order chi connectivity index (χ1) is 17.7. The second-order valence-electron chi connectivity index (χ2n) is 9.84. The van der Waals surface area contributed by atoms with Crippen molar-refractivity contribution in [3.05, 3.63) is 88.0 Å². The van der Waals surface area contributed by atoms with Crippen LogP contribution in [-0.2, 0) is 29.7 Å². The number of ether oxygens (including phenoxy) is 1. The number of methoxy groups -OCH3 is 1. The maximum absolute atomic E-state index is 13.6. The zero-order valence-electron chi connectivity index (χ0n) is 21.3. The molecule has 7 nitrogen and oxygen atoms in total. The molecule has 5 rings (SSSR count). The van der Waals surface area contributed by atoms with E-state index in [-0.39, 0.29) is 24.1 Å². The summed E-state index contributed by atoms with van der Waals surface area (Å²) in [4.78, 5) is 41.0. The van der Waals surface area contributed by atoms with E-state index < -0.39 is 11.6 Å². The number of aryl methyl sites for hydroxylation is 3. The molecule has 1 spiro atoms. The summed E-state index contributed by atoms with van der Waals surface area (Å²) in [6, 6.07) is 13.2. The number of Topliss-reactive ketones (excluding diaryl/α,β-unsaturated/α-hetero) is 1. The van der Waals surface area contributed by atoms with Crippen LogP contribution in [0.5, 0.6) is 5.75 Å². The van der Waals surface area contributed by atoms with Crippen molar-refractivity contribution >= 4 is 17.7 Å². The molecular formula is C29H30FN3O4. The van der Waals surface area contributed by atoms with E-state index in [0.29, 0.717) is 30.7 Å². The average molecular weight is 504 g/mol. The third-order valence-electron chi connectivity index (χ3n) is 7.66. The summed E-state index contributed by atoms with van der Waals surface area (Å²) in [6.07, 6.45) is 2.70. The van der Waals surface area contributed by atoms with Crippen LogP contribution in [0.15, 0.2) is 48.5 Å². The number of benzene rings is 2. The number of aromatic nitrogens is 1. The van der Waals surface area contributed by atoms with Crippen molar-refractivity contribution in [1.82, 2.24) is 14.8 Å². The fourth-order valence-electron chi connectivity index (χ4n) is 5.67. The van der Waals surface area contributed by atoms with Crippen LogP contribution in [0.4, 0.5) is 9.18 Å². The van der Waals surface area contributed by atoms with Crippen molar-refractivity contribution in [3.8, 4) is 5.75 Å². The normalized spacial score (nSPS) is 18.8. The molecule has 1 N–H and O–H groups in total. The number of halogens is 1. The molecule has 192 valence electrons.